The zero-order valence-corrected chi connectivity index (χ0v) is 25.1. The van der Waals surface area contributed by atoms with Crippen molar-refractivity contribution in [2.45, 2.75) is 38.0 Å². The highest BCUT2D eigenvalue weighted by atomic mass is 32.2. The molecule has 0 amide bonds. The van der Waals surface area contributed by atoms with Gasteiger partial charge in [0.1, 0.15) is 12.1 Å². The van der Waals surface area contributed by atoms with Crippen LogP contribution >= 0.6 is 0 Å². The van der Waals surface area contributed by atoms with Crippen LogP contribution in [0.15, 0.2) is 121 Å². The molecule has 0 bridgehead atoms. The Morgan fingerprint density at radius 3 is 1.09 bits per heavy atom. The fourth-order valence-corrected chi connectivity index (χ4v) is 6.78. The van der Waals surface area contributed by atoms with Gasteiger partial charge in [-0.15, -0.1) is 0 Å². The lowest BCUT2D eigenvalue weighted by Crippen LogP contribution is -2.56. The van der Waals surface area contributed by atoms with Gasteiger partial charge in [0.2, 0.25) is 0 Å². The highest BCUT2D eigenvalue weighted by Gasteiger charge is 2.44. The Labute approximate surface area is 253 Å². The molecule has 0 spiro atoms. The van der Waals surface area contributed by atoms with Crippen LogP contribution in [0, 0.1) is 0 Å². The number of hydrogen-bond acceptors (Lipinski definition) is 6. The molecule has 0 saturated heterocycles. The minimum atomic E-state index is -4.54. The molecule has 0 heterocycles. The second-order valence-corrected chi connectivity index (χ2v) is 11.9. The second kappa shape index (κ2) is 15.2. The van der Waals surface area contributed by atoms with E-state index >= 15 is 0 Å². The highest BCUT2D eigenvalue weighted by molar-refractivity contribution is 7.86. The SMILES string of the molecule is COC(=O)[C@@H](Cc1ccccc1)N(Cc1ccccc1)S(=O)(=O)N(Cc1ccccc1)[C@H](Cc1ccccc1)C(=O)OC. The number of benzene rings is 4. The molecule has 9 heteroatoms. The molecule has 8 nitrogen and oxygen atoms in total. The van der Waals surface area contributed by atoms with E-state index in [4.69, 9.17) is 9.47 Å². The summed E-state index contributed by atoms with van der Waals surface area (Å²) in [5.74, 6) is -1.42. The van der Waals surface area contributed by atoms with Gasteiger partial charge in [-0.25, -0.2) is 0 Å². The van der Waals surface area contributed by atoms with Crippen molar-refractivity contribution in [2.24, 2.45) is 0 Å². The standard InChI is InChI=1S/C34H36N2O6S/c1-41-33(37)31(23-27-15-7-3-8-16-27)35(25-29-19-11-5-12-20-29)43(39,40)36(26-30-21-13-6-14-22-30)32(34(38)42-2)24-28-17-9-4-10-18-28/h3-22,31-32H,23-26H2,1-2H3/t31-,32-/m1/s1. The Kier molecular flexibility index (Phi) is 11.2. The van der Waals surface area contributed by atoms with Crippen LogP contribution in [-0.2, 0) is 55.2 Å². The van der Waals surface area contributed by atoms with E-state index in [-0.39, 0.29) is 25.9 Å². The predicted molar refractivity (Wildman–Crippen MR) is 165 cm³/mol. The van der Waals surface area contributed by atoms with Gasteiger partial charge in [-0.2, -0.15) is 17.0 Å². The summed E-state index contributed by atoms with van der Waals surface area (Å²) in [6.07, 6.45) is 0.140. The molecule has 4 aromatic carbocycles. The van der Waals surface area contributed by atoms with E-state index in [1.54, 1.807) is 48.5 Å². The van der Waals surface area contributed by atoms with Gasteiger partial charge < -0.3 is 9.47 Å². The number of esters is 2. The summed E-state index contributed by atoms with van der Waals surface area (Å²) in [6, 6.07) is 34.0. The highest BCUT2D eigenvalue weighted by Crippen LogP contribution is 2.26. The Bertz CT molecular complexity index is 1440. The van der Waals surface area contributed by atoms with Crippen molar-refractivity contribution in [3.63, 3.8) is 0 Å². The van der Waals surface area contributed by atoms with Crippen LogP contribution < -0.4 is 0 Å². The Morgan fingerprint density at radius 2 is 0.814 bits per heavy atom. The number of carbonyl (C=O) groups excluding carboxylic acids is 2. The molecule has 0 radical (unpaired) electrons. The minimum Gasteiger partial charge on any atom is -0.468 e. The van der Waals surface area contributed by atoms with Gasteiger partial charge in [0, 0.05) is 13.1 Å². The van der Waals surface area contributed by atoms with E-state index in [0.717, 1.165) is 19.7 Å². The molecule has 4 aromatic rings. The molecule has 4 rings (SSSR count). The van der Waals surface area contributed by atoms with Crippen molar-refractivity contribution in [1.29, 1.82) is 0 Å². The van der Waals surface area contributed by atoms with E-state index in [9.17, 15) is 18.0 Å². The maximum absolute atomic E-state index is 15.0. The summed E-state index contributed by atoms with van der Waals surface area (Å²) in [4.78, 5) is 26.8. The summed E-state index contributed by atoms with van der Waals surface area (Å²) in [7, 11) is -2.07. The first-order valence-corrected chi connectivity index (χ1v) is 15.3. The number of nitrogens with zero attached hydrogens (tertiary/aromatic N) is 2. The van der Waals surface area contributed by atoms with Crippen molar-refractivity contribution in [3.05, 3.63) is 144 Å². The topological polar surface area (TPSA) is 93.2 Å². The van der Waals surface area contributed by atoms with Crippen LogP contribution in [0.4, 0.5) is 0 Å². The van der Waals surface area contributed by atoms with Crippen LogP contribution in [0.2, 0.25) is 0 Å². The van der Waals surface area contributed by atoms with Crippen LogP contribution in [-0.4, -0.2) is 55.3 Å². The van der Waals surface area contributed by atoms with Crippen molar-refractivity contribution >= 4 is 22.1 Å². The fourth-order valence-electron chi connectivity index (χ4n) is 4.92. The summed E-state index contributed by atoms with van der Waals surface area (Å²) in [5, 5.41) is 0. The smallest absolute Gasteiger partial charge is 0.324 e. The molecule has 0 saturated carbocycles. The summed E-state index contributed by atoms with van der Waals surface area (Å²) >= 11 is 0. The van der Waals surface area contributed by atoms with Crippen molar-refractivity contribution in [1.82, 2.24) is 8.61 Å². The van der Waals surface area contributed by atoms with E-state index in [1.807, 2.05) is 72.8 Å². The molecule has 43 heavy (non-hydrogen) atoms. The van der Waals surface area contributed by atoms with E-state index in [1.165, 1.54) is 14.2 Å². The molecule has 0 aliphatic rings. The van der Waals surface area contributed by atoms with Crippen molar-refractivity contribution in [2.75, 3.05) is 14.2 Å². The molecule has 0 fully saturated rings. The van der Waals surface area contributed by atoms with Crippen molar-refractivity contribution in [3.8, 4) is 0 Å². The number of rotatable bonds is 14. The second-order valence-electron chi connectivity index (χ2n) is 10.0. The third-order valence-electron chi connectivity index (χ3n) is 7.14. The van der Waals surface area contributed by atoms with Gasteiger partial charge in [0.05, 0.1) is 14.2 Å². The lowest BCUT2D eigenvalue weighted by molar-refractivity contribution is -0.145. The third-order valence-corrected chi connectivity index (χ3v) is 9.09. The average molecular weight is 601 g/mol. The maximum atomic E-state index is 15.0. The maximum Gasteiger partial charge on any atom is 0.324 e. The molecule has 0 aliphatic heterocycles. The third kappa shape index (κ3) is 8.38. The molecule has 0 aromatic heterocycles. The average Bonchev–Trinajstić information content (AvgIpc) is 3.05. The molecule has 0 unspecified atom stereocenters. The quantitative estimate of drug-likeness (QED) is 0.193. The van der Waals surface area contributed by atoms with Crippen LogP contribution in [0.3, 0.4) is 0 Å². The summed E-state index contributed by atoms with van der Waals surface area (Å²) in [5.41, 5.74) is 2.86. The first kappa shape index (κ1) is 31.6. The van der Waals surface area contributed by atoms with Crippen LogP contribution in [0.25, 0.3) is 0 Å². The zero-order valence-electron chi connectivity index (χ0n) is 24.3. The van der Waals surface area contributed by atoms with E-state index in [0.29, 0.717) is 11.1 Å². The number of methoxy groups -OCH3 is 2. The minimum absolute atomic E-state index is 0.0698. The molecular weight excluding hydrogens is 564 g/mol. The van der Waals surface area contributed by atoms with Gasteiger partial charge >= 0.3 is 11.9 Å². The number of hydrogen-bond donors (Lipinski definition) is 0. The van der Waals surface area contributed by atoms with Gasteiger partial charge in [-0.05, 0) is 35.1 Å². The first-order chi connectivity index (χ1) is 20.8. The fraction of sp³-hybridized carbons (Fsp3) is 0.235. The number of ether oxygens (including phenoxy) is 2. The Hall–Kier alpha value is -4.31. The first-order valence-electron chi connectivity index (χ1n) is 13.9. The largest absolute Gasteiger partial charge is 0.468 e. The summed E-state index contributed by atoms with van der Waals surface area (Å²) < 4.78 is 42.6. The normalized spacial score (nSPS) is 12.9. The van der Waals surface area contributed by atoms with Gasteiger partial charge in [-0.1, -0.05) is 121 Å². The van der Waals surface area contributed by atoms with Gasteiger partial charge in [0.15, 0.2) is 0 Å². The monoisotopic (exact) mass is 600 g/mol. The Balaban J connectivity index is 1.88. The lowest BCUT2D eigenvalue weighted by atomic mass is 10.1. The van der Waals surface area contributed by atoms with Gasteiger partial charge in [0.25, 0.3) is 10.2 Å². The molecule has 2 atom stereocenters. The van der Waals surface area contributed by atoms with Crippen molar-refractivity contribution < 1.29 is 27.5 Å². The van der Waals surface area contributed by atoms with E-state index in [2.05, 4.69) is 0 Å². The van der Waals surface area contributed by atoms with Gasteiger partial charge in [-0.3, -0.25) is 9.59 Å². The molecular formula is C34H36N2O6S. The van der Waals surface area contributed by atoms with Crippen LogP contribution in [0.1, 0.15) is 22.3 Å². The molecule has 224 valence electrons. The Morgan fingerprint density at radius 1 is 0.535 bits per heavy atom. The molecule has 0 N–H and O–H groups in total. The summed E-state index contributed by atoms with van der Waals surface area (Å²) in [6.45, 7) is -0.249. The van der Waals surface area contributed by atoms with Crippen LogP contribution in [0.5, 0.6) is 0 Å². The lowest BCUT2D eigenvalue weighted by Gasteiger charge is -2.37. The predicted octanol–water partition coefficient (Wildman–Crippen LogP) is 4.80. The molecule has 0 aliphatic carbocycles. The zero-order chi connectivity index (χ0) is 30.7. The number of carbonyl (C=O) groups is 2. The van der Waals surface area contributed by atoms with E-state index < -0.39 is 34.2 Å².